The van der Waals surface area contributed by atoms with Crippen LogP contribution in [0.25, 0.3) is 21.9 Å². The lowest BCUT2D eigenvalue weighted by atomic mass is 9.82. The van der Waals surface area contributed by atoms with E-state index in [-0.39, 0.29) is 11.8 Å². The Bertz CT molecular complexity index is 1150. The zero-order valence-electron chi connectivity index (χ0n) is 19.4. The SMILES string of the molecule is COc1cc(O)c(-c2ccc(OC)c3c(OC)cc(C)cc23)c2c1[C@H](C)N(C)[C@@H](C)C2. The molecule has 1 aliphatic rings. The van der Waals surface area contributed by atoms with Gasteiger partial charge in [0.1, 0.15) is 23.0 Å². The summed E-state index contributed by atoms with van der Waals surface area (Å²) in [4.78, 5) is 2.35. The summed E-state index contributed by atoms with van der Waals surface area (Å²) in [5.74, 6) is 2.47. The predicted octanol–water partition coefficient (Wildman–Crippen LogP) is 5.48. The zero-order valence-corrected chi connectivity index (χ0v) is 19.4. The molecule has 0 amide bonds. The van der Waals surface area contributed by atoms with E-state index in [1.807, 2.05) is 25.1 Å². The normalized spacial score (nSPS) is 18.7. The van der Waals surface area contributed by atoms with Gasteiger partial charge >= 0.3 is 0 Å². The van der Waals surface area contributed by atoms with Crippen molar-refractivity contribution in [3.63, 3.8) is 0 Å². The molecule has 31 heavy (non-hydrogen) atoms. The highest BCUT2D eigenvalue weighted by Gasteiger charge is 2.33. The number of nitrogens with zero attached hydrogens (tertiary/aromatic N) is 1. The molecule has 1 aliphatic heterocycles. The summed E-state index contributed by atoms with van der Waals surface area (Å²) < 4.78 is 17.1. The van der Waals surface area contributed by atoms with Crippen LogP contribution in [-0.2, 0) is 6.42 Å². The van der Waals surface area contributed by atoms with Crippen LogP contribution in [0.4, 0.5) is 0 Å². The monoisotopic (exact) mass is 421 g/mol. The molecule has 164 valence electrons. The average Bonchev–Trinajstić information content (AvgIpc) is 2.76. The van der Waals surface area contributed by atoms with E-state index in [0.29, 0.717) is 6.04 Å². The van der Waals surface area contributed by atoms with E-state index in [2.05, 4.69) is 31.9 Å². The molecule has 3 aromatic rings. The first-order chi connectivity index (χ1) is 14.8. The van der Waals surface area contributed by atoms with Crippen molar-refractivity contribution >= 4 is 10.8 Å². The van der Waals surface area contributed by atoms with Crippen molar-refractivity contribution in [3.8, 4) is 34.1 Å². The fraction of sp³-hybridized carbons (Fsp3) is 0.385. The molecule has 0 fully saturated rings. The van der Waals surface area contributed by atoms with E-state index >= 15 is 0 Å². The molecule has 0 spiro atoms. The number of methoxy groups -OCH3 is 3. The van der Waals surface area contributed by atoms with Crippen LogP contribution >= 0.6 is 0 Å². The summed E-state index contributed by atoms with van der Waals surface area (Å²) in [6, 6.07) is 10.4. The first-order valence-electron chi connectivity index (χ1n) is 10.6. The minimum atomic E-state index is 0.175. The molecule has 1 N–H and O–H groups in total. The van der Waals surface area contributed by atoms with Gasteiger partial charge in [-0.1, -0.05) is 6.07 Å². The van der Waals surface area contributed by atoms with Crippen molar-refractivity contribution in [2.75, 3.05) is 28.4 Å². The van der Waals surface area contributed by atoms with Gasteiger partial charge in [0.15, 0.2) is 0 Å². The lowest BCUT2D eigenvalue weighted by Crippen LogP contribution is -2.38. The Hall–Kier alpha value is -2.92. The van der Waals surface area contributed by atoms with E-state index in [1.165, 1.54) is 0 Å². The molecular weight excluding hydrogens is 390 g/mol. The Morgan fingerprint density at radius 3 is 2.26 bits per heavy atom. The number of likely N-dealkylation sites (N-methyl/N-ethyl adjacent to an activating group) is 1. The second-order valence-corrected chi connectivity index (χ2v) is 8.46. The summed E-state index contributed by atoms with van der Waals surface area (Å²) >= 11 is 0. The van der Waals surface area contributed by atoms with Crippen molar-refractivity contribution in [2.24, 2.45) is 0 Å². The molecule has 4 rings (SSSR count). The highest BCUT2D eigenvalue weighted by Crippen LogP contribution is 2.50. The van der Waals surface area contributed by atoms with E-state index < -0.39 is 0 Å². The molecule has 5 heteroatoms. The standard InChI is InChI=1S/C26H31NO4/c1-14-10-18-17(8-9-21(29-5)26(18)22(11-14)30-6)25-19-12-15(2)27(4)16(3)24(19)23(31-7)13-20(25)28/h8-11,13,15-16,28H,12H2,1-7H3/t15-,16-/m0/s1. The van der Waals surface area contributed by atoms with Crippen LogP contribution in [0.1, 0.15) is 36.6 Å². The van der Waals surface area contributed by atoms with Crippen LogP contribution < -0.4 is 14.2 Å². The smallest absolute Gasteiger partial charge is 0.130 e. The second-order valence-electron chi connectivity index (χ2n) is 8.46. The van der Waals surface area contributed by atoms with Gasteiger partial charge in [-0.25, -0.2) is 0 Å². The quantitative estimate of drug-likeness (QED) is 0.604. The molecule has 5 nitrogen and oxygen atoms in total. The average molecular weight is 422 g/mol. The maximum Gasteiger partial charge on any atom is 0.130 e. The van der Waals surface area contributed by atoms with Crippen LogP contribution in [0, 0.1) is 6.92 Å². The molecular formula is C26H31NO4. The van der Waals surface area contributed by atoms with Gasteiger partial charge in [-0.3, -0.25) is 4.90 Å². The lowest BCUT2D eigenvalue weighted by Gasteiger charge is -2.39. The molecule has 3 aromatic carbocycles. The number of hydrogen-bond acceptors (Lipinski definition) is 5. The molecule has 0 saturated heterocycles. The number of aryl methyl sites for hydroxylation is 1. The van der Waals surface area contributed by atoms with E-state index in [0.717, 1.165) is 62.3 Å². The first-order valence-corrected chi connectivity index (χ1v) is 10.6. The minimum Gasteiger partial charge on any atom is -0.507 e. The summed E-state index contributed by atoms with van der Waals surface area (Å²) in [5, 5.41) is 13.1. The van der Waals surface area contributed by atoms with Crippen LogP contribution in [0.5, 0.6) is 23.0 Å². The van der Waals surface area contributed by atoms with Gasteiger partial charge in [0.2, 0.25) is 0 Å². The number of rotatable bonds is 4. The molecule has 0 radical (unpaired) electrons. The van der Waals surface area contributed by atoms with Gasteiger partial charge in [0.25, 0.3) is 0 Å². The highest BCUT2D eigenvalue weighted by atomic mass is 16.5. The largest absolute Gasteiger partial charge is 0.507 e. The first kappa shape index (κ1) is 21.3. The number of hydrogen-bond donors (Lipinski definition) is 1. The Morgan fingerprint density at radius 2 is 1.61 bits per heavy atom. The van der Waals surface area contributed by atoms with Crippen LogP contribution in [0.15, 0.2) is 30.3 Å². The fourth-order valence-electron chi connectivity index (χ4n) is 4.98. The number of phenols is 1. The molecule has 0 unspecified atom stereocenters. The minimum absolute atomic E-state index is 0.175. The Balaban J connectivity index is 2.12. The van der Waals surface area contributed by atoms with E-state index in [9.17, 15) is 5.11 Å². The van der Waals surface area contributed by atoms with Crippen LogP contribution in [0.2, 0.25) is 0 Å². The van der Waals surface area contributed by atoms with Gasteiger partial charge < -0.3 is 19.3 Å². The Kier molecular flexibility index (Phi) is 5.48. The third-order valence-corrected chi connectivity index (χ3v) is 6.75. The lowest BCUT2D eigenvalue weighted by molar-refractivity contribution is 0.175. The van der Waals surface area contributed by atoms with Crippen molar-refractivity contribution in [3.05, 3.63) is 47.0 Å². The molecule has 2 atom stereocenters. The summed E-state index contributed by atoms with van der Waals surface area (Å²) in [6.07, 6.45) is 0.826. The summed E-state index contributed by atoms with van der Waals surface area (Å²) in [7, 11) is 7.14. The van der Waals surface area contributed by atoms with Crippen molar-refractivity contribution in [2.45, 2.75) is 39.3 Å². The van der Waals surface area contributed by atoms with Crippen LogP contribution in [-0.4, -0.2) is 44.4 Å². The molecule has 0 saturated carbocycles. The third-order valence-electron chi connectivity index (χ3n) is 6.75. The van der Waals surface area contributed by atoms with E-state index in [1.54, 1.807) is 27.4 Å². The summed E-state index contributed by atoms with van der Waals surface area (Å²) in [5.41, 5.74) is 5.20. The maximum absolute atomic E-state index is 11.2. The van der Waals surface area contributed by atoms with Crippen molar-refractivity contribution in [1.82, 2.24) is 4.90 Å². The van der Waals surface area contributed by atoms with Gasteiger partial charge in [-0.15, -0.1) is 0 Å². The second kappa shape index (κ2) is 7.97. The Morgan fingerprint density at radius 1 is 0.935 bits per heavy atom. The number of ether oxygens (including phenoxy) is 3. The van der Waals surface area contributed by atoms with Gasteiger partial charge in [-0.2, -0.15) is 0 Å². The third kappa shape index (κ3) is 3.28. The summed E-state index contributed by atoms with van der Waals surface area (Å²) in [6.45, 7) is 6.46. The number of phenolic OH excluding ortho intramolecular Hbond substituents is 1. The van der Waals surface area contributed by atoms with Crippen molar-refractivity contribution in [1.29, 1.82) is 0 Å². The van der Waals surface area contributed by atoms with E-state index in [4.69, 9.17) is 14.2 Å². The predicted molar refractivity (Wildman–Crippen MR) is 125 cm³/mol. The number of fused-ring (bicyclic) bond motifs is 2. The topological polar surface area (TPSA) is 51.2 Å². The Labute approximate surface area is 184 Å². The van der Waals surface area contributed by atoms with Gasteiger partial charge in [-0.05, 0) is 74.5 Å². The molecule has 0 aromatic heterocycles. The molecule has 1 heterocycles. The fourth-order valence-corrected chi connectivity index (χ4v) is 4.98. The van der Waals surface area contributed by atoms with Crippen LogP contribution in [0.3, 0.4) is 0 Å². The number of aromatic hydroxyl groups is 1. The zero-order chi connectivity index (χ0) is 22.4. The van der Waals surface area contributed by atoms with Crippen molar-refractivity contribution < 1.29 is 19.3 Å². The number of benzene rings is 3. The molecule has 0 bridgehead atoms. The van der Waals surface area contributed by atoms with Gasteiger partial charge in [0.05, 0.1) is 26.7 Å². The molecule has 0 aliphatic carbocycles. The highest BCUT2D eigenvalue weighted by molar-refractivity contribution is 6.05. The maximum atomic E-state index is 11.2. The van der Waals surface area contributed by atoms with Gasteiger partial charge in [0, 0.05) is 29.3 Å².